The SMILES string of the molecule is Cc1cc(S(=O)(=O)Nc2ccc(Nc3c(F)cccc3F)nn2)ccc1F. The highest BCUT2D eigenvalue weighted by molar-refractivity contribution is 7.92. The Morgan fingerprint density at radius 1 is 0.852 bits per heavy atom. The van der Waals surface area contributed by atoms with E-state index in [-0.39, 0.29) is 22.1 Å². The molecule has 0 unspecified atom stereocenters. The molecular weight excluding hydrogens is 381 g/mol. The van der Waals surface area contributed by atoms with Gasteiger partial charge in [0.1, 0.15) is 23.1 Å². The number of nitrogens with zero attached hydrogens (tertiary/aromatic N) is 2. The van der Waals surface area contributed by atoms with Crippen LogP contribution in [0.1, 0.15) is 5.56 Å². The molecule has 2 N–H and O–H groups in total. The van der Waals surface area contributed by atoms with Gasteiger partial charge in [-0.05, 0) is 55.0 Å². The lowest BCUT2D eigenvalue weighted by atomic mass is 10.2. The van der Waals surface area contributed by atoms with Crippen LogP contribution in [-0.2, 0) is 10.0 Å². The van der Waals surface area contributed by atoms with Crippen molar-refractivity contribution >= 4 is 27.3 Å². The molecule has 0 spiro atoms. The Bertz CT molecular complexity index is 1070. The topological polar surface area (TPSA) is 84.0 Å². The van der Waals surface area contributed by atoms with Crippen LogP contribution in [0.5, 0.6) is 0 Å². The summed E-state index contributed by atoms with van der Waals surface area (Å²) in [6.07, 6.45) is 0. The predicted octanol–water partition coefficient (Wildman–Crippen LogP) is 3.75. The van der Waals surface area contributed by atoms with E-state index in [9.17, 15) is 21.6 Å². The van der Waals surface area contributed by atoms with Gasteiger partial charge in [-0.2, -0.15) is 0 Å². The summed E-state index contributed by atoms with van der Waals surface area (Å²) in [7, 11) is -4.00. The van der Waals surface area contributed by atoms with E-state index in [0.717, 1.165) is 24.3 Å². The average molecular weight is 394 g/mol. The summed E-state index contributed by atoms with van der Waals surface area (Å²) < 4.78 is 67.4. The largest absolute Gasteiger partial charge is 0.334 e. The van der Waals surface area contributed by atoms with E-state index in [1.807, 2.05) is 0 Å². The molecule has 0 saturated carbocycles. The van der Waals surface area contributed by atoms with Gasteiger partial charge < -0.3 is 5.32 Å². The van der Waals surface area contributed by atoms with Crippen LogP contribution >= 0.6 is 0 Å². The number of rotatable bonds is 5. The van der Waals surface area contributed by atoms with E-state index in [0.29, 0.717) is 0 Å². The third kappa shape index (κ3) is 4.17. The first-order chi connectivity index (χ1) is 12.8. The van der Waals surface area contributed by atoms with Crippen LogP contribution in [0.15, 0.2) is 53.4 Å². The van der Waals surface area contributed by atoms with Crippen molar-refractivity contribution in [3.05, 3.63) is 71.5 Å². The van der Waals surface area contributed by atoms with Crippen molar-refractivity contribution in [2.45, 2.75) is 11.8 Å². The van der Waals surface area contributed by atoms with Gasteiger partial charge in [0, 0.05) is 0 Å². The summed E-state index contributed by atoms with van der Waals surface area (Å²) in [6, 6.07) is 9.28. The van der Waals surface area contributed by atoms with Crippen LogP contribution < -0.4 is 10.0 Å². The highest BCUT2D eigenvalue weighted by atomic mass is 32.2. The number of para-hydroxylation sites is 1. The number of aromatic nitrogens is 2. The molecule has 0 aliphatic carbocycles. The van der Waals surface area contributed by atoms with E-state index in [4.69, 9.17) is 0 Å². The third-order valence-corrected chi connectivity index (χ3v) is 4.91. The quantitative estimate of drug-likeness (QED) is 0.689. The maximum atomic E-state index is 13.6. The lowest BCUT2D eigenvalue weighted by Gasteiger charge is -2.10. The molecule has 3 aromatic rings. The Morgan fingerprint density at radius 3 is 2.07 bits per heavy atom. The van der Waals surface area contributed by atoms with Crippen LogP contribution in [0, 0.1) is 24.4 Å². The number of halogens is 3. The zero-order valence-electron chi connectivity index (χ0n) is 13.9. The molecule has 0 radical (unpaired) electrons. The van der Waals surface area contributed by atoms with Gasteiger partial charge in [0.05, 0.1) is 4.90 Å². The van der Waals surface area contributed by atoms with Gasteiger partial charge in [0.2, 0.25) is 0 Å². The number of hydrogen-bond donors (Lipinski definition) is 2. The second-order valence-corrected chi connectivity index (χ2v) is 7.22. The van der Waals surface area contributed by atoms with Gasteiger partial charge >= 0.3 is 0 Å². The Hall–Kier alpha value is -3.14. The Balaban J connectivity index is 1.78. The molecular formula is C17H13F3N4O2S. The van der Waals surface area contributed by atoms with Gasteiger partial charge in [-0.1, -0.05) is 6.07 Å². The Morgan fingerprint density at radius 2 is 1.48 bits per heavy atom. The number of anilines is 3. The minimum atomic E-state index is -4.00. The number of hydrogen-bond acceptors (Lipinski definition) is 5. The summed E-state index contributed by atoms with van der Waals surface area (Å²) in [5.41, 5.74) is -0.225. The molecule has 0 aliphatic heterocycles. The van der Waals surface area contributed by atoms with Crippen LogP contribution in [0.2, 0.25) is 0 Å². The maximum absolute atomic E-state index is 13.6. The molecule has 0 aliphatic rings. The molecule has 2 aromatic carbocycles. The van der Waals surface area contributed by atoms with Crippen LogP contribution in [0.3, 0.4) is 0 Å². The minimum Gasteiger partial charge on any atom is -0.334 e. The summed E-state index contributed by atoms with van der Waals surface area (Å²) in [5.74, 6) is -2.25. The van der Waals surface area contributed by atoms with Crippen LogP contribution in [-0.4, -0.2) is 18.6 Å². The molecule has 0 fully saturated rings. The van der Waals surface area contributed by atoms with Crippen molar-refractivity contribution in [1.82, 2.24) is 10.2 Å². The molecule has 1 heterocycles. The normalized spacial score (nSPS) is 11.3. The van der Waals surface area contributed by atoms with Crippen molar-refractivity contribution in [1.29, 1.82) is 0 Å². The fourth-order valence-electron chi connectivity index (χ4n) is 2.18. The zero-order chi connectivity index (χ0) is 19.6. The lowest BCUT2D eigenvalue weighted by Crippen LogP contribution is -2.15. The molecule has 3 rings (SSSR count). The first kappa shape index (κ1) is 18.6. The summed E-state index contributed by atoms with van der Waals surface area (Å²) in [6.45, 7) is 1.44. The van der Waals surface area contributed by atoms with Crippen molar-refractivity contribution in [2.75, 3.05) is 10.0 Å². The fraction of sp³-hybridized carbons (Fsp3) is 0.0588. The highest BCUT2D eigenvalue weighted by Crippen LogP contribution is 2.22. The van der Waals surface area contributed by atoms with E-state index in [1.165, 1.54) is 31.2 Å². The summed E-state index contributed by atoms with van der Waals surface area (Å²) in [5, 5.41) is 9.78. The minimum absolute atomic E-state index is 0.0135. The molecule has 0 bridgehead atoms. The average Bonchev–Trinajstić information content (AvgIpc) is 2.62. The zero-order valence-corrected chi connectivity index (χ0v) is 14.7. The summed E-state index contributed by atoms with van der Waals surface area (Å²) >= 11 is 0. The number of sulfonamides is 1. The van der Waals surface area contributed by atoms with Crippen LogP contribution in [0.4, 0.5) is 30.5 Å². The Kier molecular flexibility index (Phi) is 5.00. The van der Waals surface area contributed by atoms with Crippen molar-refractivity contribution < 1.29 is 21.6 Å². The molecule has 10 heteroatoms. The van der Waals surface area contributed by atoms with Crippen molar-refractivity contribution in [2.24, 2.45) is 0 Å². The van der Waals surface area contributed by atoms with Gasteiger partial charge in [-0.3, -0.25) is 4.72 Å². The van der Waals surface area contributed by atoms with Gasteiger partial charge in [0.25, 0.3) is 10.0 Å². The first-order valence-electron chi connectivity index (χ1n) is 7.60. The molecule has 0 saturated heterocycles. The second-order valence-electron chi connectivity index (χ2n) is 5.54. The van der Waals surface area contributed by atoms with Crippen molar-refractivity contribution in [3.63, 3.8) is 0 Å². The smallest absolute Gasteiger partial charge is 0.263 e. The van der Waals surface area contributed by atoms with Crippen molar-refractivity contribution in [3.8, 4) is 0 Å². The van der Waals surface area contributed by atoms with Gasteiger partial charge in [0.15, 0.2) is 11.6 Å². The van der Waals surface area contributed by atoms with E-state index in [2.05, 4.69) is 20.2 Å². The first-order valence-corrected chi connectivity index (χ1v) is 9.08. The second kappa shape index (κ2) is 7.23. The monoisotopic (exact) mass is 394 g/mol. The van der Waals surface area contributed by atoms with E-state index >= 15 is 0 Å². The molecule has 6 nitrogen and oxygen atoms in total. The number of aryl methyl sites for hydroxylation is 1. The molecule has 27 heavy (non-hydrogen) atoms. The highest BCUT2D eigenvalue weighted by Gasteiger charge is 2.17. The molecule has 140 valence electrons. The van der Waals surface area contributed by atoms with Crippen LogP contribution in [0.25, 0.3) is 0 Å². The number of nitrogens with one attached hydrogen (secondary N) is 2. The maximum Gasteiger partial charge on any atom is 0.263 e. The van der Waals surface area contributed by atoms with E-state index in [1.54, 1.807) is 0 Å². The van der Waals surface area contributed by atoms with E-state index < -0.39 is 33.2 Å². The summed E-state index contributed by atoms with van der Waals surface area (Å²) in [4.78, 5) is -0.140. The fourth-order valence-corrected chi connectivity index (χ4v) is 3.26. The molecule has 0 atom stereocenters. The molecule has 0 amide bonds. The Labute approximate surface area is 153 Å². The lowest BCUT2D eigenvalue weighted by molar-refractivity contribution is 0.590. The van der Waals surface area contributed by atoms with Gasteiger partial charge in [-0.25, -0.2) is 21.6 Å². The number of benzene rings is 2. The predicted molar refractivity (Wildman–Crippen MR) is 93.6 cm³/mol. The van der Waals surface area contributed by atoms with Gasteiger partial charge in [-0.15, -0.1) is 10.2 Å². The third-order valence-electron chi connectivity index (χ3n) is 3.56. The standard InChI is InChI=1S/C17H13F3N4O2S/c1-10-9-11(5-6-12(10)18)27(25,26)24-16-8-7-15(22-23-16)21-17-13(19)3-2-4-14(17)20/h2-9H,1H3,(H,21,22)(H,23,24). The molecule has 1 aromatic heterocycles.